The van der Waals surface area contributed by atoms with E-state index in [0.29, 0.717) is 30.3 Å². The molecule has 4 unspecified atom stereocenters. The molecule has 0 amide bonds. The van der Waals surface area contributed by atoms with Gasteiger partial charge in [-0.05, 0) is 119 Å². The number of unbranched alkanes of at least 4 members (excludes halogenated alkanes) is 4. The highest BCUT2D eigenvalue weighted by Crippen LogP contribution is 2.32. The van der Waals surface area contributed by atoms with Gasteiger partial charge in [-0.1, -0.05) is 31.2 Å². The molecule has 0 N–H and O–H groups in total. The van der Waals surface area contributed by atoms with E-state index in [1.54, 1.807) is 0 Å². The molecular formula is C39H58N2O4. The standard InChI is InChI=1S/C39H58N2O4/c1-2-39(31-15-19-33(20-16-31)40(23-7-3-11-35-27-42-35)24-8-4-12-36-28-43-36)32-17-21-34(22-18-32)41(25-9-5-13-37-29-44-37)26-10-6-14-38-30-45-38/h15-22,35-39H,2-14,23-30H2,1H3. The molecule has 4 aliphatic rings. The van der Waals surface area contributed by atoms with Crippen molar-refractivity contribution in [3.63, 3.8) is 0 Å². The number of hydrogen-bond donors (Lipinski definition) is 0. The van der Waals surface area contributed by atoms with Gasteiger partial charge >= 0.3 is 0 Å². The topological polar surface area (TPSA) is 56.6 Å². The first-order valence-electron chi connectivity index (χ1n) is 18.4. The summed E-state index contributed by atoms with van der Waals surface area (Å²) in [5.41, 5.74) is 5.58. The van der Waals surface area contributed by atoms with Gasteiger partial charge in [0.25, 0.3) is 0 Å². The normalized spacial score (nSPS) is 23.5. The predicted molar refractivity (Wildman–Crippen MR) is 184 cm³/mol. The Labute approximate surface area is 272 Å². The van der Waals surface area contributed by atoms with Crippen LogP contribution in [0, 0.1) is 0 Å². The van der Waals surface area contributed by atoms with Crippen molar-refractivity contribution < 1.29 is 18.9 Å². The van der Waals surface area contributed by atoms with Crippen molar-refractivity contribution in [3.8, 4) is 0 Å². The largest absolute Gasteiger partial charge is 0.373 e. The lowest BCUT2D eigenvalue weighted by atomic mass is 9.89. The first-order valence-corrected chi connectivity index (χ1v) is 18.4. The lowest BCUT2D eigenvalue weighted by Gasteiger charge is -2.27. The Bertz CT molecular complexity index is 981. The fraction of sp³-hybridized carbons (Fsp3) is 0.692. The summed E-state index contributed by atoms with van der Waals surface area (Å²) in [5.74, 6) is 0.421. The van der Waals surface area contributed by atoms with Crippen LogP contribution in [0.1, 0.15) is 107 Å². The van der Waals surface area contributed by atoms with Gasteiger partial charge < -0.3 is 28.7 Å². The number of benzene rings is 2. The molecule has 45 heavy (non-hydrogen) atoms. The first kappa shape index (κ1) is 32.8. The Morgan fingerprint density at radius 1 is 0.489 bits per heavy atom. The number of epoxide rings is 4. The molecule has 248 valence electrons. The van der Waals surface area contributed by atoms with E-state index in [9.17, 15) is 0 Å². The molecule has 4 saturated heterocycles. The summed E-state index contributed by atoms with van der Waals surface area (Å²) in [7, 11) is 0. The summed E-state index contributed by atoms with van der Waals surface area (Å²) >= 11 is 0. The second-order valence-electron chi connectivity index (χ2n) is 13.9. The maximum absolute atomic E-state index is 5.43. The lowest BCUT2D eigenvalue weighted by Crippen LogP contribution is -2.26. The van der Waals surface area contributed by atoms with Crippen molar-refractivity contribution in [1.82, 2.24) is 0 Å². The molecule has 2 aromatic rings. The zero-order valence-corrected chi connectivity index (χ0v) is 27.9. The minimum atomic E-state index is 0.421. The third-order valence-corrected chi connectivity index (χ3v) is 10.2. The molecule has 0 saturated carbocycles. The van der Waals surface area contributed by atoms with Crippen molar-refractivity contribution >= 4 is 11.4 Å². The Hall–Kier alpha value is -2.12. The Morgan fingerprint density at radius 3 is 1.02 bits per heavy atom. The summed E-state index contributed by atoms with van der Waals surface area (Å²) in [6, 6.07) is 19.1. The second kappa shape index (κ2) is 17.2. The molecule has 2 aromatic carbocycles. The number of rotatable bonds is 25. The van der Waals surface area contributed by atoms with Gasteiger partial charge in [0.2, 0.25) is 0 Å². The van der Waals surface area contributed by atoms with Crippen LogP contribution in [0.3, 0.4) is 0 Å². The van der Waals surface area contributed by atoms with Crippen LogP contribution in [0.15, 0.2) is 48.5 Å². The molecule has 6 nitrogen and oxygen atoms in total. The van der Waals surface area contributed by atoms with Gasteiger partial charge in [0, 0.05) is 43.5 Å². The van der Waals surface area contributed by atoms with Crippen LogP contribution >= 0.6 is 0 Å². The van der Waals surface area contributed by atoms with Gasteiger partial charge in [-0.3, -0.25) is 0 Å². The molecule has 4 fully saturated rings. The van der Waals surface area contributed by atoms with Crippen LogP contribution in [0.25, 0.3) is 0 Å². The molecule has 0 radical (unpaired) electrons. The monoisotopic (exact) mass is 618 g/mol. The summed E-state index contributed by atoms with van der Waals surface area (Å²) < 4.78 is 21.7. The van der Waals surface area contributed by atoms with Crippen LogP contribution in [0.5, 0.6) is 0 Å². The molecule has 0 spiro atoms. The molecule has 4 heterocycles. The zero-order valence-electron chi connectivity index (χ0n) is 27.9. The summed E-state index contributed by atoms with van der Waals surface area (Å²) in [6.07, 6.45) is 18.1. The molecule has 6 rings (SSSR count). The highest BCUT2D eigenvalue weighted by atomic mass is 16.6. The quantitative estimate of drug-likeness (QED) is 0.0828. The Balaban J connectivity index is 1.04. The number of hydrogen-bond acceptors (Lipinski definition) is 6. The predicted octanol–water partition coefficient (Wildman–Crippen LogP) is 8.12. The van der Waals surface area contributed by atoms with E-state index in [4.69, 9.17) is 18.9 Å². The fourth-order valence-electron chi connectivity index (χ4n) is 6.88. The van der Waals surface area contributed by atoms with Crippen LogP contribution in [0.4, 0.5) is 11.4 Å². The third-order valence-electron chi connectivity index (χ3n) is 10.2. The molecule has 4 atom stereocenters. The van der Waals surface area contributed by atoms with E-state index in [0.717, 1.165) is 59.0 Å². The number of ether oxygens (including phenoxy) is 4. The highest BCUT2D eigenvalue weighted by Gasteiger charge is 2.24. The minimum absolute atomic E-state index is 0.421. The molecule has 6 heteroatoms. The van der Waals surface area contributed by atoms with Gasteiger partial charge in [-0.2, -0.15) is 0 Å². The average Bonchev–Trinajstić information content (AvgIpc) is 3.89. The van der Waals surface area contributed by atoms with E-state index < -0.39 is 0 Å². The number of nitrogens with zero attached hydrogens (tertiary/aromatic N) is 2. The zero-order chi connectivity index (χ0) is 30.7. The molecule has 0 aromatic heterocycles. The van der Waals surface area contributed by atoms with Gasteiger partial charge in [0.15, 0.2) is 0 Å². The van der Waals surface area contributed by atoms with Gasteiger partial charge in [0.1, 0.15) is 0 Å². The second-order valence-corrected chi connectivity index (χ2v) is 13.9. The van der Waals surface area contributed by atoms with Crippen LogP contribution < -0.4 is 9.80 Å². The van der Waals surface area contributed by atoms with Crippen LogP contribution in [-0.4, -0.2) is 77.0 Å². The maximum Gasteiger partial charge on any atom is 0.0810 e. The van der Waals surface area contributed by atoms with E-state index in [2.05, 4.69) is 65.3 Å². The van der Waals surface area contributed by atoms with Gasteiger partial charge in [0.05, 0.1) is 50.8 Å². The molecule has 4 aliphatic heterocycles. The highest BCUT2D eigenvalue weighted by molar-refractivity contribution is 5.51. The van der Waals surface area contributed by atoms with E-state index in [-0.39, 0.29) is 0 Å². The smallest absolute Gasteiger partial charge is 0.0810 e. The van der Waals surface area contributed by atoms with Gasteiger partial charge in [-0.25, -0.2) is 0 Å². The molecule has 0 aliphatic carbocycles. The van der Waals surface area contributed by atoms with Gasteiger partial charge in [-0.15, -0.1) is 0 Å². The van der Waals surface area contributed by atoms with E-state index in [1.165, 1.54) is 99.6 Å². The first-order chi connectivity index (χ1) is 22.2. The third kappa shape index (κ3) is 11.6. The summed E-state index contributed by atoms with van der Waals surface area (Å²) in [4.78, 5) is 5.23. The average molecular weight is 619 g/mol. The van der Waals surface area contributed by atoms with Crippen molar-refractivity contribution in [2.75, 3.05) is 62.4 Å². The van der Waals surface area contributed by atoms with Crippen molar-refractivity contribution in [2.24, 2.45) is 0 Å². The van der Waals surface area contributed by atoms with Crippen molar-refractivity contribution in [3.05, 3.63) is 59.7 Å². The Morgan fingerprint density at radius 2 is 0.778 bits per heavy atom. The maximum atomic E-state index is 5.43. The van der Waals surface area contributed by atoms with Crippen LogP contribution in [0.2, 0.25) is 0 Å². The summed E-state index contributed by atoms with van der Waals surface area (Å²) in [6.45, 7) is 10.7. The number of anilines is 2. The van der Waals surface area contributed by atoms with E-state index >= 15 is 0 Å². The molecule has 0 bridgehead atoms. The Kier molecular flexibility index (Phi) is 12.5. The fourth-order valence-corrected chi connectivity index (χ4v) is 6.88. The summed E-state index contributed by atoms with van der Waals surface area (Å²) in [5, 5.41) is 0. The minimum Gasteiger partial charge on any atom is -0.373 e. The molecular weight excluding hydrogens is 560 g/mol. The SMILES string of the molecule is CCC(c1ccc(N(CCCCC2CO2)CCCCC2CO2)cc1)c1ccc(N(CCCCC2CO2)CCCCC2CO2)cc1. The van der Waals surface area contributed by atoms with Crippen molar-refractivity contribution in [1.29, 1.82) is 0 Å². The lowest BCUT2D eigenvalue weighted by molar-refractivity contribution is 0.387. The van der Waals surface area contributed by atoms with Crippen LogP contribution in [-0.2, 0) is 18.9 Å². The van der Waals surface area contributed by atoms with Crippen molar-refractivity contribution in [2.45, 2.75) is 121 Å². The van der Waals surface area contributed by atoms with E-state index in [1.807, 2.05) is 0 Å².